The van der Waals surface area contributed by atoms with E-state index in [0.717, 1.165) is 37.9 Å². The normalized spacial score (nSPS) is 17.2. The van der Waals surface area contributed by atoms with Crippen molar-refractivity contribution in [1.29, 1.82) is 0 Å². The number of hydrogen-bond acceptors (Lipinski definition) is 3. The summed E-state index contributed by atoms with van der Waals surface area (Å²) in [4.78, 5) is 12.1. The van der Waals surface area contributed by atoms with Crippen LogP contribution in [0.4, 0.5) is 0 Å². The minimum absolute atomic E-state index is 0.00228. The number of nitrogens with one attached hydrogen (secondary N) is 1. The van der Waals surface area contributed by atoms with Gasteiger partial charge in [0.2, 0.25) is 5.91 Å². The van der Waals surface area contributed by atoms with Gasteiger partial charge in [0.15, 0.2) is 0 Å². The maximum Gasteiger partial charge on any atom is 0.240 e. The first-order valence-electron chi connectivity index (χ1n) is 7.87. The maximum atomic E-state index is 12.1. The predicted octanol–water partition coefficient (Wildman–Crippen LogP) is 2.54. The lowest BCUT2D eigenvalue weighted by molar-refractivity contribution is -0.127. The second-order valence-corrected chi connectivity index (χ2v) is 5.99. The topological polar surface area (TPSA) is 64.3 Å². The lowest BCUT2D eigenvalue weighted by Crippen LogP contribution is -2.55. The number of amides is 1. The maximum absolute atomic E-state index is 12.1. The molecule has 0 radical (unpaired) electrons. The van der Waals surface area contributed by atoms with Gasteiger partial charge >= 0.3 is 0 Å². The largest absolute Gasteiger partial charge is 0.494 e. The summed E-state index contributed by atoms with van der Waals surface area (Å²) in [6.45, 7) is 3.26. The molecule has 0 unspecified atom stereocenters. The molecule has 1 aliphatic rings. The van der Waals surface area contributed by atoms with Crippen LogP contribution in [0, 0.1) is 6.92 Å². The lowest BCUT2D eigenvalue weighted by Gasteiger charge is -2.31. The van der Waals surface area contributed by atoms with Gasteiger partial charge in [-0.1, -0.05) is 37.0 Å². The van der Waals surface area contributed by atoms with E-state index in [9.17, 15) is 4.79 Å². The van der Waals surface area contributed by atoms with Crippen molar-refractivity contribution in [2.75, 3.05) is 13.2 Å². The highest BCUT2D eigenvalue weighted by atomic mass is 16.5. The number of hydrogen-bond donors (Lipinski definition) is 2. The quantitative estimate of drug-likeness (QED) is 0.791. The highest BCUT2D eigenvalue weighted by Gasteiger charge is 2.34. The van der Waals surface area contributed by atoms with E-state index in [1.165, 1.54) is 12.0 Å². The van der Waals surface area contributed by atoms with Crippen molar-refractivity contribution in [3.63, 3.8) is 0 Å². The molecular formula is C17H26N2O2. The Balaban J connectivity index is 1.63. The third-order valence-electron chi connectivity index (χ3n) is 4.09. The van der Waals surface area contributed by atoms with E-state index in [2.05, 4.69) is 5.32 Å². The van der Waals surface area contributed by atoms with Crippen molar-refractivity contribution in [2.24, 2.45) is 5.73 Å². The smallest absolute Gasteiger partial charge is 0.240 e. The van der Waals surface area contributed by atoms with Crippen LogP contribution in [-0.2, 0) is 4.79 Å². The summed E-state index contributed by atoms with van der Waals surface area (Å²) in [5.41, 5.74) is 6.75. The van der Waals surface area contributed by atoms with Crippen LogP contribution in [0.15, 0.2) is 24.3 Å². The molecule has 0 atom stereocenters. The molecule has 0 spiro atoms. The molecular weight excluding hydrogens is 264 g/mol. The Kier molecular flexibility index (Phi) is 5.62. The van der Waals surface area contributed by atoms with Gasteiger partial charge in [-0.15, -0.1) is 0 Å². The summed E-state index contributed by atoms with van der Waals surface area (Å²) in [7, 11) is 0. The third kappa shape index (κ3) is 4.74. The van der Waals surface area contributed by atoms with Crippen LogP contribution in [0.3, 0.4) is 0 Å². The molecule has 0 saturated heterocycles. The number of aryl methyl sites for hydroxylation is 1. The molecule has 1 aromatic carbocycles. The average molecular weight is 290 g/mol. The molecule has 1 saturated carbocycles. The standard InChI is InChI=1S/C17H26N2O2/c1-14-6-8-15(9-7-14)21-13-5-12-19-16(20)17(18)10-3-2-4-11-17/h6-9H,2-5,10-13,18H2,1H3,(H,19,20). The summed E-state index contributed by atoms with van der Waals surface area (Å²) in [5, 5.41) is 2.94. The summed E-state index contributed by atoms with van der Waals surface area (Å²) < 4.78 is 5.63. The number of carbonyl (C=O) groups excluding carboxylic acids is 1. The van der Waals surface area contributed by atoms with Crippen molar-refractivity contribution in [2.45, 2.75) is 51.0 Å². The molecule has 4 heteroatoms. The van der Waals surface area contributed by atoms with E-state index in [-0.39, 0.29) is 5.91 Å². The predicted molar refractivity (Wildman–Crippen MR) is 84.3 cm³/mol. The fraction of sp³-hybridized carbons (Fsp3) is 0.588. The number of ether oxygens (including phenoxy) is 1. The van der Waals surface area contributed by atoms with Crippen LogP contribution in [0.25, 0.3) is 0 Å². The molecule has 0 heterocycles. The van der Waals surface area contributed by atoms with Gasteiger partial charge in [0.05, 0.1) is 12.1 Å². The van der Waals surface area contributed by atoms with Crippen molar-refractivity contribution >= 4 is 5.91 Å². The first kappa shape index (κ1) is 15.8. The zero-order valence-corrected chi connectivity index (χ0v) is 12.9. The van der Waals surface area contributed by atoms with Crippen LogP contribution in [0.1, 0.15) is 44.1 Å². The first-order chi connectivity index (χ1) is 10.1. The summed E-state index contributed by atoms with van der Waals surface area (Å²) >= 11 is 0. The molecule has 0 aromatic heterocycles. The molecule has 0 bridgehead atoms. The molecule has 1 fully saturated rings. The van der Waals surface area contributed by atoms with Crippen LogP contribution in [0.5, 0.6) is 5.75 Å². The Bertz CT molecular complexity index is 450. The van der Waals surface area contributed by atoms with Gasteiger partial charge in [0, 0.05) is 6.54 Å². The monoisotopic (exact) mass is 290 g/mol. The van der Waals surface area contributed by atoms with E-state index in [1.54, 1.807) is 0 Å². The fourth-order valence-corrected chi connectivity index (χ4v) is 2.68. The van der Waals surface area contributed by atoms with Crippen LogP contribution < -0.4 is 15.8 Å². The molecule has 1 amide bonds. The molecule has 21 heavy (non-hydrogen) atoms. The zero-order valence-electron chi connectivity index (χ0n) is 12.9. The van der Waals surface area contributed by atoms with Gasteiger partial charge in [0.25, 0.3) is 0 Å². The second kappa shape index (κ2) is 7.46. The van der Waals surface area contributed by atoms with Gasteiger partial charge in [-0.25, -0.2) is 0 Å². The molecule has 1 aliphatic carbocycles. The van der Waals surface area contributed by atoms with Crippen LogP contribution in [-0.4, -0.2) is 24.6 Å². The summed E-state index contributed by atoms with van der Waals surface area (Å²) in [6, 6.07) is 7.98. The molecule has 116 valence electrons. The van der Waals surface area contributed by atoms with E-state index in [1.807, 2.05) is 31.2 Å². The zero-order chi connectivity index (χ0) is 15.1. The van der Waals surface area contributed by atoms with Gasteiger partial charge in [0.1, 0.15) is 5.75 Å². The summed E-state index contributed by atoms with van der Waals surface area (Å²) in [6.07, 6.45) is 5.70. The number of benzene rings is 1. The van der Waals surface area contributed by atoms with Gasteiger partial charge in [-0.3, -0.25) is 4.79 Å². The van der Waals surface area contributed by atoms with Crippen molar-refractivity contribution in [3.05, 3.63) is 29.8 Å². The minimum atomic E-state index is -0.643. The molecule has 1 aromatic rings. The Hall–Kier alpha value is -1.55. The fourth-order valence-electron chi connectivity index (χ4n) is 2.68. The number of rotatable bonds is 6. The molecule has 3 N–H and O–H groups in total. The minimum Gasteiger partial charge on any atom is -0.494 e. The van der Waals surface area contributed by atoms with E-state index >= 15 is 0 Å². The Morgan fingerprint density at radius 3 is 2.57 bits per heavy atom. The molecule has 2 rings (SSSR count). The molecule has 0 aliphatic heterocycles. The average Bonchev–Trinajstić information content (AvgIpc) is 2.49. The Morgan fingerprint density at radius 2 is 1.90 bits per heavy atom. The Morgan fingerprint density at radius 1 is 1.24 bits per heavy atom. The number of carbonyl (C=O) groups is 1. The van der Waals surface area contributed by atoms with E-state index in [4.69, 9.17) is 10.5 Å². The van der Waals surface area contributed by atoms with E-state index in [0.29, 0.717) is 13.2 Å². The first-order valence-corrected chi connectivity index (χ1v) is 7.87. The third-order valence-corrected chi connectivity index (χ3v) is 4.09. The highest BCUT2D eigenvalue weighted by Crippen LogP contribution is 2.25. The lowest BCUT2D eigenvalue weighted by atomic mass is 9.82. The van der Waals surface area contributed by atoms with Crippen molar-refractivity contribution < 1.29 is 9.53 Å². The van der Waals surface area contributed by atoms with Gasteiger partial charge in [-0.2, -0.15) is 0 Å². The van der Waals surface area contributed by atoms with Crippen molar-refractivity contribution in [3.8, 4) is 5.75 Å². The van der Waals surface area contributed by atoms with Crippen molar-refractivity contribution in [1.82, 2.24) is 5.32 Å². The van der Waals surface area contributed by atoms with Crippen LogP contribution >= 0.6 is 0 Å². The second-order valence-electron chi connectivity index (χ2n) is 5.99. The summed E-state index contributed by atoms with van der Waals surface area (Å²) in [5.74, 6) is 0.868. The van der Waals surface area contributed by atoms with E-state index < -0.39 is 5.54 Å². The highest BCUT2D eigenvalue weighted by molar-refractivity contribution is 5.86. The van der Waals surface area contributed by atoms with Gasteiger partial charge in [-0.05, 0) is 38.3 Å². The van der Waals surface area contributed by atoms with Crippen LogP contribution in [0.2, 0.25) is 0 Å². The number of nitrogens with two attached hydrogens (primary N) is 1. The molecule has 4 nitrogen and oxygen atoms in total. The Labute approximate surface area is 127 Å². The van der Waals surface area contributed by atoms with Gasteiger partial charge < -0.3 is 15.8 Å². The SMILES string of the molecule is Cc1ccc(OCCCNC(=O)C2(N)CCCCC2)cc1.